The van der Waals surface area contributed by atoms with E-state index in [1.54, 1.807) is 36.4 Å². The maximum Gasteiger partial charge on any atom is 0.291 e. The molecule has 0 spiro atoms. The van der Waals surface area contributed by atoms with Crippen LogP contribution >= 0.6 is 12.2 Å². The number of anilines is 2. The third-order valence-electron chi connectivity index (χ3n) is 3.44. The molecule has 0 radical (unpaired) electrons. The number of hydrogen-bond acceptors (Lipinski definition) is 4. The fraction of sp³-hybridized carbons (Fsp3) is 0. The average Bonchev–Trinajstić information content (AvgIpc) is 3.16. The largest absolute Gasteiger partial charge is 0.459 e. The van der Waals surface area contributed by atoms with Gasteiger partial charge in [0.2, 0.25) is 0 Å². The molecule has 6 nitrogen and oxygen atoms in total. The van der Waals surface area contributed by atoms with Crippen molar-refractivity contribution in [3.63, 3.8) is 0 Å². The molecule has 0 bridgehead atoms. The van der Waals surface area contributed by atoms with Crippen LogP contribution in [0.1, 0.15) is 20.9 Å². The Labute approximate surface area is 159 Å². The first-order chi connectivity index (χ1) is 13.0. The standard InChI is InChI=1S/C19H14FN3O3S/c20-13-5-1-4-12(10-13)17(24)23-19(27)22-15-7-2-6-14(11-15)21-18(25)16-8-3-9-26-16/h1-11H,(H,21,25)(H2,22,23,24,27). The Kier molecular flexibility index (Phi) is 5.58. The van der Waals surface area contributed by atoms with Gasteiger partial charge in [-0.1, -0.05) is 12.1 Å². The Bertz CT molecular complexity index is 989. The van der Waals surface area contributed by atoms with Crippen molar-refractivity contribution in [1.29, 1.82) is 0 Å². The number of furan rings is 1. The van der Waals surface area contributed by atoms with Gasteiger partial charge in [0.1, 0.15) is 5.82 Å². The molecule has 3 aromatic rings. The highest BCUT2D eigenvalue weighted by atomic mass is 32.1. The molecule has 2 amide bonds. The van der Waals surface area contributed by atoms with E-state index in [1.165, 1.54) is 24.5 Å². The molecule has 3 N–H and O–H groups in total. The number of carbonyl (C=O) groups excluding carboxylic acids is 2. The Morgan fingerprint density at radius 1 is 0.889 bits per heavy atom. The molecule has 3 rings (SSSR count). The number of benzene rings is 2. The van der Waals surface area contributed by atoms with Crippen LogP contribution in [-0.2, 0) is 0 Å². The van der Waals surface area contributed by atoms with Gasteiger partial charge in [-0.2, -0.15) is 0 Å². The van der Waals surface area contributed by atoms with Gasteiger partial charge in [-0.3, -0.25) is 14.9 Å². The van der Waals surface area contributed by atoms with Crippen molar-refractivity contribution in [2.45, 2.75) is 0 Å². The van der Waals surface area contributed by atoms with Gasteiger partial charge in [-0.25, -0.2) is 4.39 Å². The molecule has 0 atom stereocenters. The van der Waals surface area contributed by atoms with Crippen LogP contribution in [-0.4, -0.2) is 16.9 Å². The van der Waals surface area contributed by atoms with E-state index in [2.05, 4.69) is 16.0 Å². The Morgan fingerprint density at radius 3 is 2.33 bits per heavy atom. The van der Waals surface area contributed by atoms with E-state index in [0.29, 0.717) is 11.4 Å². The highest BCUT2D eigenvalue weighted by Gasteiger charge is 2.11. The Hall–Kier alpha value is -3.52. The van der Waals surface area contributed by atoms with Gasteiger partial charge in [0.15, 0.2) is 10.9 Å². The number of thiocarbonyl (C=S) groups is 1. The van der Waals surface area contributed by atoms with Gasteiger partial charge in [0, 0.05) is 16.9 Å². The van der Waals surface area contributed by atoms with Gasteiger partial charge in [0.05, 0.1) is 6.26 Å². The fourth-order valence-corrected chi connectivity index (χ4v) is 2.45. The zero-order chi connectivity index (χ0) is 19.2. The molecule has 136 valence electrons. The first kappa shape index (κ1) is 18.3. The van der Waals surface area contributed by atoms with Crippen LogP contribution in [0.25, 0.3) is 0 Å². The summed E-state index contributed by atoms with van der Waals surface area (Å²) in [7, 11) is 0. The summed E-state index contributed by atoms with van der Waals surface area (Å²) in [6.07, 6.45) is 1.41. The van der Waals surface area contributed by atoms with E-state index in [-0.39, 0.29) is 22.3 Å². The minimum atomic E-state index is -0.533. The van der Waals surface area contributed by atoms with Crippen molar-refractivity contribution in [1.82, 2.24) is 5.32 Å². The molecular weight excluding hydrogens is 369 g/mol. The molecule has 0 aliphatic heterocycles. The quantitative estimate of drug-likeness (QED) is 0.597. The molecule has 0 aliphatic carbocycles. The van der Waals surface area contributed by atoms with Crippen molar-refractivity contribution in [2.75, 3.05) is 10.6 Å². The van der Waals surface area contributed by atoms with Crippen LogP contribution in [0.3, 0.4) is 0 Å². The molecule has 27 heavy (non-hydrogen) atoms. The lowest BCUT2D eigenvalue weighted by molar-refractivity contribution is 0.0974. The Balaban J connectivity index is 1.61. The Morgan fingerprint density at radius 2 is 1.63 bits per heavy atom. The molecule has 8 heteroatoms. The van der Waals surface area contributed by atoms with Crippen molar-refractivity contribution in [3.05, 3.63) is 84.1 Å². The lowest BCUT2D eigenvalue weighted by Crippen LogP contribution is -2.34. The van der Waals surface area contributed by atoms with Gasteiger partial charge in [0.25, 0.3) is 11.8 Å². The number of rotatable bonds is 4. The second-order valence-electron chi connectivity index (χ2n) is 5.43. The van der Waals surface area contributed by atoms with Crippen LogP contribution in [0.5, 0.6) is 0 Å². The van der Waals surface area contributed by atoms with E-state index >= 15 is 0 Å². The number of carbonyl (C=O) groups is 2. The van der Waals surface area contributed by atoms with Crippen LogP contribution in [0.2, 0.25) is 0 Å². The van der Waals surface area contributed by atoms with Gasteiger partial charge in [-0.15, -0.1) is 0 Å². The first-order valence-corrected chi connectivity index (χ1v) is 8.25. The summed E-state index contributed by atoms with van der Waals surface area (Å²) in [6.45, 7) is 0. The SMILES string of the molecule is O=C(NC(=S)Nc1cccc(NC(=O)c2ccco2)c1)c1cccc(F)c1. The van der Waals surface area contributed by atoms with Crippen LogP contribution in [0.15, 0.2) is 71.3 Å². The zero-order valence-corrected chi connectivity index (χ0v) is 14.7. The maximum absolute atomic E-state index is 13.2. The molecular formula is C19H14FN3O3S. The predicted molar refractivity (Wildman–Crippen MR) is 103 cm³/mol. The molecule has 1 aromatic heterocycles. The van der Waals surface area contributed by atoms with Gasteiger partial charge >= 0.3 is 0 Å². The van der Waals surface area contributed by atoms with E-state index in [9.17, 15) is 14.0 Å². The lowest BCUT2D eigenvalue weighted by Gasteiger charge is -2.11. The van der Waals surface area contributed by atoms with Crippen molar-refractivity contribution in [2.24, 2.45) is 0 Å². The normalized spacial score (nSPS) is 10.1. The van der Waals surface area contributed by atoms with Gasteiger partial charge < -0.3 is 15.1 Å². The highest BCUT2D eigenvalue weighted by molar-refractivity contribution is 7.80. The minimum Gasteiger partial charge on any atom is -0.459 e. The summed E-state index contributed by atoms with van der Waals surface area (Å²) >= 11 is 5.10. The third kappa shape index (κ3) is 4.99. The zero-order valence-electron chi connectivity index (χ0n) is 13.9. The number of amides is 2. The smallest absolute Gasteiger partial charge is 0.291 e. The fourth-order valence-electron chi connectivity index (χ4n) is 2.24. The molecule has 0 unspecified atom stereocenters. The van der Waals surface area contributed by atoms with Crippen LogP contribution in [0, 0.1) is 5.82 Å². The summed E-state index contributed by atoms with van der Waals surface area (Å²) in [5.74, 6) is -1.25. The monoisotopic (exact) mass is 383 g/mol. The second kappa shape index (κ2) is 8.24. The maximum atomic E-state index is 13.2. The van der Waals surface area contributed by atoms with Crippen molar-refractivity contribution >= 4 is 40.5 Å². The summed E-state index contributed by atoms with van der Waals surface area (Å²) in [6, 6.07) is 15.2. The topological polar surface area (TPSA) is 83.4 Å². The third-order valence-corrected chi connectivity index (χ3v) is 3.64. The van der Waals surface area contributed by atoms with Crippen LogP contribution in [0.4, 0.5) is 15.8 Å². The van der Waals surface area contributed by atoms with Gasteiger partial charge in [-0.05, 0) is 60.7 Å². The van der Waals surface area contributed by atoms with E-state index in [4.69, 9.17) is 16.6 Å². The summed E-state index contributed by atoms with van der Waals surface area (Å²) in [5.41, 5.74) is 1.22. The van der Waals surface area contributed by atoms with E-state index in [0.717, 1.165) is 6.07 Å². The van der Waals surface area contributed by atoms with Crippen molar-refractivity contribution < 1.29 is 18.4 Å². The minimum absolute atomic E-state index is 0.0405. The van der Waals surface area contributed by atoms with E-state index in [1.807, 2.05) is 0 Å². The summed E-state index contributed by atoms with van der Waals surface area (Å²) < 4.78 is 18.2. The predicted octanol–water partition coefficient (Wildman–Crippen LogP) is 3.80. The molecule has 0 saturated carbocycles. The van der Waals surface area contributed by atoms with E-state index < -0.39 is 11.7 Å². The second-order valence-corrected chi connectivity index (χ2v) is 5.84. The highest BCUT2D eigenvalue weighted by Crippen LogP contribution is 2.16. The lowest BCUT2D eigenvalue weighted by atomic mass is 10.2. The number of hydrogen-bond donors (Lipinski definition) is 3. The number of halogens is 1. The molecule has 1 heterocycles. The van der Waals surface area contributed by atoms with Crippen LogP contribution < -0.4 is 16.0 Å². The molecule has 0 saturated heterocycles. The molecule has 0 aliphatic rings. The summed E-state index contributed by atoms with van der Waals surface area (Å²) in [4.78, 5) is 24.1. The average molecular weight is 383 g/mol. The van der Waals surface area contributed by atoms with Crippen molar-refractivity contribution in [3.8, 4) is 0 Å². The number of nitrogens with one attached hydrogen (secondary N) is 3. The molecule has 2 aromatic carbocycles. The summed E-state index contributed by atoms with van der Waals surface area (Å²) in [5, 5.41) is 8.03. The molecule has 0 fully saturated rings. The first-order valence-electron chi connectivity index (χ1n) is 7.84.